The molecule has 0 radical (unpaired) electrons. The van der Waals surface area contributed by atoms with Gasteiger partial charge in [-0.3, -0.25) is 24.1 Å². The van der Waals surface area contributed by atoms with Gasteiger partial charge in [0.1, 0.15) is 49.4 Å². The van der Waals surface area contributed by atoms with E-state index in [1.165, 1.54) is 33.8 Å². The summed E-state index contributed by atoms with van der Waals surface area (Å²) in [5.74, 6) is -9.19. The number of nitrogens with one attached hydrogen (secondary N) is 2. The Kier molecular flexibility index (Phi) is 28.3. The highest BCUT2D eigenvalue weighted by Gasteiger charge is 2.53. The van der Waals surface area contributed by atoms with Gasteiger partial charge in [0, 0.05) is 76.9 Å². The molecule has 5 N–H and O–H groups in total. The summed E-state index contributed by atoms with van der Waals surface area (Å²) in [6.07, 6.45) is -12.0. The molecule has 26 nitrogen and oxygen atoms in total. The van der Waals surface area contributed by atoms with E-state index in [2.05, 4.69) is 49.7 Å². The lowest BCUT2D eigenvalue weighted by atomic mass is 9.74. The molecule has 4 fully saturated rings. The molecule has 26 heteroatoms. The minimum atomic E-state index is -2.12. The van der Waals surface area contributed by atoms with Crippen molar-refractivity contribution in [2.75, 3.05) is 47.6 Å². The molecule has 1 aromatic heterocycles. The number of carbonyl (C=O) groups excluding carboxylic acids is 5. The van der Waals surface area contributed by atoms with Gasteiger partial charge in [-0.15, -0.1) is 0 Å². The highest BCUT2D eigenvalue weighted by Crippen LogP contribution is 2.41. The van der Waals surface area contributed by atoms with Crippen molar-refractivity contribution in [2.45, 2.75) is 239 Å². The third kappa shape index (κ3) is 20.7. The molecule has 4 saturated heterocycles. The molecule has 0 spiro atoms. The van der Waals surface area contributed by atoms with E-state index in [1.807, 2.05) is 45.9 Å². The van der Waals surface area contributed by atoms with E-state index < -0.39 is 156 Å². The van der Waals surface area contributed by atoms with Gasteiger partial charge in [0.15, 0.2) is 30.3 Å². The predicted octanol–water partition coefficient (Wildman–Crippen LogP) is 6.32. The molecule has 0 aliphatic carbocycles. The standard InChI is InChI=1S/C67H106N6O20/c1-35(2)26-50(75)89-56-42(9)55(37(4)33-85-64-59(83-17)58(82-16)52(76)45(12)88-64)91-62(80)44(11)57(90-51-27-38(5)73(32-40(7)86-51)25-24-46-22-20-19-21-23-46)41(8)54(92-63-53(77)47(72-84-18)28-39(6)87-63)36(3)29-67(15,60(78)43(56)10)93-65(81)71-66(13,14)34-70-61(79)48-30-69-49(74)31-68-48/h19-23,30-31,35-45,51-59,63-64,76-77H,24-29,32-34H2,1-18H3,(H,69,74)(H,70,79)(H,71,81)/b72-47+/t36-,37?,38?,39+,40-,41+,42-,43+,44+,45+,51-,52+,53+,54-,55+,56+,57-,58+,59+,63-,64+,67-/m0/s1. The van der Waals surface area contributed by atoms with E-state index in [0.717, 1.165) is 25.4 Å². The summed E-state index contributed by atoms with van der Waals surface area (Å²) in [6.45, 7) is 27.3. The summed E-state index contributed by atoms with van der Waals surface area (Å²) in [5, 5.41) is 42.3. The van der Waals surface area contributed by atoms with E-state index in [-0.39, 0.29) is 67.8 Å². The first-order chi connectivity index (χ1) is 43.8. The van der Waals surface area contributed by atoms with E-state index in [1.54, 1.807) is 62.3 Å². The molecule has 0 saturated carbocycles. The SMILES string of the molecule is CO/N=C1\C[C@@H](C)O[C@@H](O[C@@H]2[C@@H](C)[C@H](O[C@H]3CC(C)N(CCc4ccccc4)C[C@H](C)O3)[C@@H](C)C(=O)O[C@H](C(C)CO[C@@H]3O[C@H](C)[C@@H](O)[C@@H](OC)[C@H]3OC)[C@H](C)[C@@H](OC(=O)CC(C)C)[C@@H](C)C(=O)[C@@](C)(OC(=O)NC(C)(C)CNC(=O)c3cnc(O)cn3)C[C@@H]2C)[C@@H]1O. The molecule has 2 amide bonds. The zero-order valence-electron chi connectivity index (χ0n) is 57.7. The number of aromatic nitrogens is 2. The fourth-order valence-electron chi connectivity index (χ4n) is 13.3. The van der Waals surface area contributed by atoms with E-state index in [9.17, 15) is 29.7 Å². The number of aliphatic hydroxyl groups excluding tert-OH is 2. The number of hydrogen-bond acceptors (Lipinski definition) is 24. The Bertz CT molecular complexity index is 2750. The third-order valence-corrected chi connectivity index (χ3v) is 18.3. The normalized spacial score (nSPS) is 35.4. The van der Waals surface area contributed by atoms with E-state index in [4.69, 9.17) is 56.9 Å². The first-order valence-electron chi connectivity index (χ1n) is 32.7. The second-order valence-electron chi connectivity index (χ2n) is 27.4. The highest BCUT2D eigenvalue weighted by atomic mass is 16.7. The Balaban J connectivity index is 1.49. The predicted molar refractivity (Wildman–Crippen MR) is 339 cm³/mol. The molecule has 6 rings (SSSR count). The molecule has 22 atom stereocenters. The van der Waals surface area contributed by atoms with Crippen LogP contribution in [0.1, 0.15) is 146 Å². The number of aliphatic hydroxyl groups is 2. The van der Waals surface area contributed by atoms with Crippen LogP contribution in [-0.4, -0.2) is 216 Å². The minimum absolute atomic E-state index is 0.0454. The van der Waals surface area contributed by atoms with Crippen LogP contribution < -0.4 is 10.6 Å². The molecular formula is C67H106N6O20. The summed E-state index contributed by atoms with van der Waals surface area (Å²) >= 11 is 0. The third-order valence-electron chi connectivity index (χ3n) is 18.3. The number of hydrogen-bond donors (Lipinski definition) is 5. The largest absolute Gasteiger partial charge is 0.492 e. The molecule has 93 heavy (non-hydrogen) atoms. The highest BCUT2D eigenvalue weighted by molar-refractivity contribution is 5.93. The fourth-order valence-corrected chi connectivity index (χ4v) is 13.3. The number of alkyl carbamates (subject to hydrolysis) is 1. The van der Waals surface area contributed by atoms with Crippen molar-refractivity contribution < 1.29 is 96.2 Å². The van der Waals surface area contributed by atoms with Crippen LogP contribution in [0.4, 0.5) is 4.79 Å². The number of ether oxygens (including phenoxy) is 11. The Morgan fingerprint density at radius 1 is 0.828 bits per heavy atom. The monoisotopic (exact) mass is 1310 g/mol. The maximum absolute atomic E-state index is 16.2. The maximum Gasteiger partial charge on any atom is 0.408 e. The van der Waals surface area contributed by atoms with E-state index >= 15 is 9.59 Å². The van der Waals surface area contributed by atoms with E-state index in [0.29, 0.717) is 13.0 Å². The zero-order valence-corrected chi connectivity index (χ0v) is 57.7. The summed E-state index contributed by atoms with van der Waals surface area (Å²) in [5.41, 5.74) is -2.02. The van der Waals surface area contributed by atoms with Gasteiger partial charge in [-0.25, -0.2) is 14.8 Å². The average Bonchev–Trinajstić information content (AvgIpc) is 0.960. The Hall–Kier alpha value is -5.52. The Morgan fingerprint density at radius 3 is 2.15 bits per heavy atom. The summed E-state index contributed by atoms with van der Waals surface area (Å²) in [6, 6.07) is 10.1. The molecule has 524 valence electrons. The van der Waals surface area contributed by atoms with Crippen LogP contribution >= 0.6 is 0 Å². The number of rotatable bonds is 22. The van der Waals surface area contributed by atoms with Crippen LogP contribution in [0.25, 0.3) is 0 Å². The summed E-state index contributed by atoms with van der Waals surface area (Å²) < 4.78 is 71.3. The number of amides is 2. The smallest absolute Gasteiger partial charge is 0.408 e. The molecule has 2 aromatic rings. The first kappa shape index (κ1) is 76.5. The van der Waals surface area contributed by atoms with Crippen LogP contribution in [0.15, 0.2) is 47.9 Å². The molecule has 0 bridgehead atoms. The molecule has 2 unspecified atom stereocenters. The first-order valence-corrected chi connectivity index (χ1v) is 32.7. The van der Waals surface area contributed by atoms with Crippen LogP contribution in [-0.2, 0) is 77.7 Å². The number of aromatic hydroxyl groups is 1. The number of cyclic esters (lactones) is 1. The summed E-state index contributed by atoms with van der Waals surface area (Å²) in [4.78, 5) is 89.2. The lowest BCUT2D eigenvalue weighted by molar-refractivity contribution is -0.305. The second-order valence-corrected chi connectivity index (χ2v) is 27.4. The number of oxime groups is 1. The number of ketones is 1. The molecule has 5 heterocycles. The van der Waals surface area contributed by atoms with Gasteiger partial charge in [-0.05, 0) is 85.6 Å². The van der Waals surface area contributed by atoms with Gasteiger partial charge < -0.3 is 82.9 Å². The van der Waals surface area contributed by atoms with Crippen molar-refractivity contribution in [3.8, 4) is 5.88 Å². The van der Waals surface area contributed by atoms with Gasteiger partial charge in [-0.1, -0.05) is 84.0 Å². The Labute approximate surface area is 548 Å². The van der Waals surface area contributed by atoms with Crippen molar-refractivity contribution >= 4 is 35.4 Å². The number of Topliss-reactive ketones (excluding diaryl/α,β-unsaturated/α-hetero) is 1. The quantitative estimate of drug-likeness (QED) is 0.0489. The van der Waals surface area contributed by atoms with Crippen molar-refractivity contribution in [1.29, 1.82) is 0 Å². The average molecular weight is 1320 g/mol. The van der Waals surface area contributed by atoms with Gasteiger partial charge in [0.05, 0.1) is 72.6 Å². The number of benzene rings is 1. The van der Waals surface area contributed by atoms with Crippen LogP contribution in [0.3, 0.4) is 0 Å². The lowest BCUT2D eigenvalue weighted by Gasteiger charge is -2.45. The van der Waals surface area contributed by atoms with Crippen molar-refractivity contribution in [2.24, 2.45) is 46.6 Å². The molecular weight excluding hydrogens is 1210 g/mol. The second kappa shape index (κ2) is 34.4. The van der Waals surface area contributed by atoms with Crippen LogP contribution in [0.2, 0.25) is 0 Å². The van der Waals surface area contributed by atoms with Crippen molar-refractivity contribution in [1.82, 2.24) is 25.5 Å². The fraction of sp³-hybridized carbons (Fsp3) is 0.761. The van der Waals surface area contributed by atoms with Crippen LogP contribution in [0.5, 0.6) is 5.88 Å². The Morgan fingerprint density at radius 2 is 1.52 bits per heavy atom. The maximum atomic E-state index is 16.2. The number of nitrogens with zero attached hydrogens (tertiary/aromatic N) is 4. The van der Waals surface area contributed by atoms with Crippen molar-refractivity contribution in [3.05, 3.63) is 54.0 Å². The topological polar surface area (TPSA) is 322 Å². The lowest BCUT2D eigenvalue weighted by Crippen LogP contribution is -2.59. The van der Waals surface area contributed by atoms with Gasteiger partial charge in [-0.2, -0.15) is 0 Å². The summed E-state index contributed by atoms with van der Waals surface area (Å²) in [7, 11) is 4.25. The molecule has 4 aliphatic rings. The van der Waals surface area contributed by atoms with Gasteiger partial charge in [0.25, 0.3) is 5.91 Å². The molecule has 1 aromatic carbocycles. The minimum Gasteiger partial charge on any atom is -0.492 e. The van der Waals surface area contributed by atoms with Crippen LogP contribution in [0, 0.1) is 41.4 Å². The number of carbonyl (C=O) groups is 5. The number of methoxy groups -OCH3 is 2. The van der Waals surface area contributed by atoms with Crippen molar-refractivity contribution in [3.63, 3.8) is 0 Å². The zero-order chi connectivity index (χ0) is 68.8. The number of esters is 2. The molecule has 4 aliphatic heterocycles. The van der Waals surface area contributed by atoms with Gasteiger partial charge in [0.2, 0.25) is 5.88 Å². The van der Waals surface area contributed by atoms with Gasteiger partial charge >= 0.3 is 18.0 Å².